The maximum absolute atomic E-state index is 10.8. The predicted molar refractivity (Wildman–Crippen MR) is 55.8 cm³/mol. The Morgan fingerprint density at radius 1 is 1.29 bits per heavy atom. The van der Waals surface area contributed by atoms with E-state index in [1.54, 1.807) is 6.92 Å². The van der Waals surface area contributed by atoms with Crippen LogP contribution in [0.25, 0.3) is 0 Å². The van der Waals surface area contributed by atoms with Gasteiger partial charge in [0.05, 0.1) is 11.4 Å². The van der Waals surface area contributed by atoms with Crippen molar-refractivity contribution in [3.63, 3.8) is 0 Å². The largest absolute Gasteiger partial charge is 0.393 e. The number of hydrogen-bond donors (Lipinski definition) is 2. The number of hydrogen-bond acceptors (Lipinski definition) is 3. The van der Waals surface area contributed by atoms with Crippen molar-refractivity contribution in [2.24, 2.45) is 0 Å². The fraction of sp³-hybridized carbons (Fsp3) is 1.00. The van der Waals surface area contributed by atoms with E-state index in [9.17, 15) is 13.5 Å². The van der Waals surface area contributed by atoms with E-state index in [4.69, 9.17) is 4.55 Å². The Morgan fingerprint density at radius 3 is 2.21 bits per heavy atom. The third-order valence-corrected chi connectivity index (χ3v) is 3.67. The summed E-state index contributed by atoms with van der Waals surface area (Å²) >= 11 is 0. The topological polar surface area (TPSA) is 74.6 Å². The molecule has 0 saturated heterocycles. The Bertz CT molecular complexity index is 235. The monoisotopic (exact) mass is 224 g/mol. The first-order chi connectivity index (χ1) is 6.41. The normalized spacial score (nSPS) is 16.6. The van der Waals surface area contributed by atoms with Crippen LogP contribution >= 0.6 is 0 Å². The molecule has 0 aromatic rings. The lowest BCUT2D eigenvalue weighted by Gasteiger charge is -2.15. The highest BCUT2D eigenvalue weighted by atomic mass is 32.2. The van der Waals surface area contributed by atoms with Crippen molar-refractivity contribution in [2.75, 3.05) is 0 Å². The van der Waals surface area contributed by atoms with Crippen molar-refractivity contribution < 1.29 is 18.1 Å². The van der Waals surface area contributed by atoms with Crippen molar-refractivity contribution in [3.8, 4) is 0 Å². The molecule has 5 heteroatoms. The van der Waals surface area contributed by atoms with Crippen molar-refractivity contribution >= 4 is 10.1 Å². The van der Waals surface area contributed by atoms with Gasteiger partial charge in [0.2, 0.25) is 0 Å². The number of aliphatic hydroxyl groups excluding tert-OH is 1. The minimum Gasteiger partial charge on any atom is -0.393 e. The minimum absolute atomic E-state index is 0.134. The molecule has 0 aliphatic heterocycles. The SMILES string of the molecule is CCCCC(O)CC(CC)S(=O)(=O)O. The first-order valence-corrected chi connectivity index (χ1v) is 6.56. The van der Waals surface area contributed by atoms with Crippen LogP contribution in [0, 0.1) is 0 Å². The van der Waals surface area contributed by atoms with E-state index in [1.807, 2.05) is 6.92 Å². The molecule has 0 aliphatic carbocycles. The van der Waals surface area contributed by atoms with E-state index in [0.717, 1.165) is 12.8 Å². The Kier molecular flexibility index (Phi) is 6.31. The molecule has 2 N–H and O–H groups in total. The highest BCUT2D eigenvalue weighted by Crippen LogP contribution is 2.14. The van der Waals surface area contributed by atoms with Gasteiger partial charge in [-0.25, -0.2) is 0 Å². The van der Waals surface area contributed by atoms with Crippen molar-refractivity contribution in [3.05, 3.63) is 0 Å². The average molecular weight is 224 g/mol. The summed E-state index contributed by atoms with van der Waals surface area (Å²) in [4.78, 5) is 0. The van der Waals surface area contributed by atoms with Gasteiger partial charge in [0.1, 0.15) is 0 Å². The van der Waals surface area contributed by atoms with Crippen LogP contribution < -0.4 is 0 Å². The summed E-state index contributed by atoms with van der Waals surface area (Å²) in [5.74, 6) is 0. The summed E-state index contributed by atoms with van der Waals surface area (Å²) in [5.41, 5.74) is 0. The van der Waals surface area contributed by atoms with E-state index in [-0.39, 0.29) is 6.42 Å². The number of rotatable bonds is 7. The second-order valence-electron chi connectivity index (χ2n) is 3.58. The first kappa shape index (κ1) is 13.9. The smallest absolute Gasteiger partial charge is 0.267 e. The summed E-state index contributed by atoms with van der Waals surface area (Å²) in [6.07, 6.45) is 2.30. The van der Waals surface area contributed by atoms with Gasteiger partial charge in [0.15, 0.2) is 0 Å². The molecule has 0 aromatic carbocycles. The molecular formula is C9H20O4S. The van der Waals surface area contributed by atoms with Crippen LogP contribution in [0.5, 0.6) is 0 Å². The van der Waals surface area contributed by atoms with E-state index in [0.29, 0.717) is 12.8 Å². The summed E-state index contributed by atoms with van der Waals surface area (Å²) in [6, 6.07) is 0. The molecule has 0 bridgehead atoms. The quantitative estimate of drug-likeness (QED) is 0.644. The number of unbranched alkanes of at least 4 members (excludes halogenated alkanes) is 1. The molecule has 2 atom stereocenters. The lowest BCUT2D eigenvalue weighted by Crippen LogP contribution is -2.25. The molecule has 4 nitrogen and oxygen atoms in total. The van der Waals surface area contributed by atoms with Crippen molar-refractivity contribution in [1.29, 1.82) is 0 Å². The highest BCUT2D eigenvalue weighted by Gasteiger charge is 2.23. The molecule has 0 radical (unpaired) electrons. The van der Waals surface area contributed by atoms with E-state index >= 15 is 0 Å². The maximum atomic E-state index is 10.8. The third kappa shape index (κ3) is 5.57. The van der Waals surface area contributed by atoms with Gasteiger partial charge >= 0.3 is 0 Å². The second kappa shape index (κ2) is 6.37. The molecule has 0 fully saturated rings. The molecular weight excluding hydrogens is 204 g/mol. The Balaban J connectivity index is 4.06. The average Bonchev–Trinajstić information content (AvgIpc) is 2.08. The molecule has 0 heterocycles. The van der Waals surface area contributed by atoms with Gasteiger partial charge in [-0.3, -0.25) is 4.55 Å². The van der Waals surface area contributed by atoms with Gasteiger partial charge in [-0.1, -0.05) is 26.7 Å². The maximum Gasteiger partial charge on any atom is 0.267 e. The van der Waals surface area contributed by atoms with Crippen molar-refractivity contribution in [1.82, 2.24) is 0 Å². The molecule has 86 valence electrons. The zero-order valence-electron chi connectivity index (χ0n) is 8.81. The van der Waals surface area contributed by atoms with Gasteiger partial charge < -0.3 is 5.11 Å². The van der Waals surface area contributed by atoms with Crippen LogP contribution in [-0.2, 0) is 10.1 Å². The highest BCUT2D eigenvalue weighted by molar-refractivity contribution is 7.86. The van der Waals surface area contributed by atoms with Crippen LogP contribution in [0.15, 0.2) is 0 Å². The zero-order chi connectivity index (χ0) is 11.2. The fourth-order valence-electron chi connectivity index (χ4n) is 1.36. The minimum atomic E-state index is -4.00. The van der Waals surface area contributed by atoms with Gasteiger partial charge in [0.25, 0.3) is 10.1 Å². The van der Waals surface area contributed by atoms with Crippen LogP contribution in [0.4, 0.5) is 0 Å². The molecule has 0 aromatic heterocycles. The zero-order valence-corrected chi connectivity index (χ0v) is 9.63. The third-order valence-electron chi connectivity index (χ3n) is 2.30. The molecule has 0 saturated carbocycles. The summed E-state index contributed by atoms with van der Waals surface area (Å²) in [6.45, 7) is 3.69. The summed E-state index contributed by atoms with van der Waals surface area (Å²) in [5, 5.41) is 8.64. The van der Waals surface area contributed by atoms with Crippen LogP contribution in [-0.4, -0.2) is 29.4 Å². The van der Waals surface area contributed by atoms with Crippen LogP contribution in [0.2, 0.25) is 0 Å². The van der Waals surface area contributed by atoms with E-state index in [2.05, 4.69) is 0 Å². The Hall–Kier alpha value is -0.130. The van der Waals surface area contributed by atoms with Gasteiger partial charge in [-0.2, -0.15) is 8.42 Å². The molecule has 0 amide bonds. The summed E-state index contributed by atoms with van der Waals surface area (Å²) in [7, 11) is -4.00. The number of aliphatic hydroxyl groups is 1. The van der Waals surface area contributed by atoms with Crippen LogP contribution in [0.1, 0.15) is 46.0 Å². The molecule has 0 spiro atoms. The van der Waals surface area contributed by atoms with Crippen LogP contribution in [0.3, 0.4) is 0 Å². The van der Waals surface area contributed by atoms with E-state index < -0.39 is 21.5 Å². The van der Waals surface area contributed by atoms with Gasteiger partial charge in [-0.05, 0) is 19.3 Å². The van der Waals surface area contributed by atoms with E-state index in [1.165, 1.54) is 0 Å². The van der Waals surface area contributed by atoms with Gasteiger partial charge in [-0.15, -0.1) is 0 Å². The molecule has 14 heavy (non-hydrogen) atoms. The lowest BCUT2D eigenvalue weighted by molar-refractivity contribution is 0.148. The second-order valence-corrected chi connectivity index (χ2v) is 5.27. The predicted octanol–water partition coefficient (Wildman–Crippen LogP) is 1.59. The van der Waals surface area contributed by atoms with Crippen molar-refractivity contribution in [2.45, 2.75) is 57.3 Å². The first-order valence-electron chi connectivity index (χ1n) is 5.06. The molecule has 2 unspecified atom stereocenters. The van der Waals surface area contributed by atoms with Gasteiger partial charge in [0, 0.05) is 0 Å². The standard InChI is InChI=1S/C9H20O4S/c1-3-5-6-8(10)7-9(4-2)14(11,12)13/h8-10H,3-7H2,1-2H3,(H,11,12,13). The fourth-order valence-corrected chi connectivity index (χ4v) is 2.25. The summed E-state index contributed by atoms with van der Waals surface area (Å²) < 4.78 is 30.4. The Morgan fingerprint density at radius 2 is 1.86 bits per heavy atom. The molecule has 0 aliphatic rings. The lowest BCUT2D eigenvalue weighted by atomic mass is 10.1. The Labute approximate surface area is 86.1 Å². The molecule has 0 rings (SSSR count).